The molecule has 2 aromatic rings. The third kappa shape index (κ3) is 3.79. The number of benzene rings is 1. The number of pyridine rings is 1. The van der Waals surface area contributed by atoms with Crippen molar-refractivity contribution < 1.29 is 9.90 Å². The minimum absolute atomic E-state index is 0.0149. The van der Waals surface area contributed by atoms with Crippen LogP contribution >= 0.6 is 0 Å². The Bertz CT molecular complexity index is 721. The van der Waals surface area contributed by atoms with Gasteiger partial charge in [-0.05, 0) is 31.2 Å². The summed E-state index contributed by atoms with van der Waals surface area (Å²) in [5.41, 5.74) is 3.14. The molecule has 2 rings (SSSR count). The molecule has 0 saturated heterocycles. The fraction of sp³-hybridized carbons (Fsp3) is 0.118. The number of carboxylic acids is 1. The van der Waals surface area contributed by atoms with Crippen molar-refractivity contribution in [3.05, 3.63) is 66.0 Å². The number of hydrogen-bond donors (Lipinski definition) is 1. The van der Waals surface area contributed by atoms with Gasteiger partial charge in [0, 0.05) is 12.6 Å². The lowest BCUT2D eigenvalue weighted by Crippen LogP contribution is -2.09. The van der Waals surface area contributed by atoms with Crippen molar-refractivity contribution in [1.82, 2.24) is 4.98 Å². The third-order valence-electron chi connectivity index (χ3n) is 3.09. The van der Waals surface area contributed by atoms with E-state index in [1.54, 1.807) is 23.4 Å². The van der Waals surface area contributed by atoms with Gasteiger partial charge in [0.15, 0.2) is 0 Å². The third-order valence-corrected chi connectivity index (χ3v) is 3.09. The summed E-state index contributed by atoms with van der Waals surface area (Å²) in [6, 6.07) is 12.7. The summed E-state index contributed by atoms with van der Waals surface area (Å²) >= 11 is 0. The van der Waals surface area contributed by atoms with E-state index in [1.807, 2.05) is 38.2 Å². The Morgan fingerprint density at radius 2 is 1.86 bits per heavy atom. The molecule has 0 atom stereocenters. The number of aromatic nitrogens is 1. The molecule has 1 heterocycles. The van der Waals surface area contributed by atoms with E-state index in [0.717, 1.165) is 5.69 Å². The molecule has 1 aromatic carbocycles. The number of nitrogens with zero attached hydrogens (tertiary/aromatic N) is 3. The van der Waals surface area contributed by atoms with Gasteiger partial charge in [-0.1, -0.05) is 30.3 Å². The van der Waals surface area contributed by atoms with Crippen molar-refractivity contribution in [2.24, 2.45) is 5.10 Å². The van der Waals surface area contributed by atoms with Crippen LogP contribution in [-0.4, -0.2) is 29.3 Å². The van der Waals surface area contributed by atoms with Gasteiger partial charge in [0.1, 0.15) is 5.69 Å². The number of hydrogen-bond acceptors (Lipinski definition) is 4. The highest BCUT2D eigenvalue weighted by molar-refractivity contribution is 6.08. The van der Waals surface area contributed by atoms with E-state index in [2.05, 4.69) is 16.7 Å². The van der Waals surface area contributed by atoms with Crippen molar-refractivity contribution >= 4 is 23.4 Å². The number of aryl methyl sites for hydroxylation is 1. The summed E-state index contributed by atoms with van der Waals surface area (Å²) < 4.78 is 0. The molecule has 1 aromatic heterocycles. The fourth-order valence-electron chi connectivity index (χ4n) is 1.78. The van der Waals surface area contributed by atoms with Gasteiger partial charge in [0.25, 0.3) is 0 Å². The van der Waals surface area contributed by atoms with Crippen molar-refractivity contribution in [3.63, 3.8) is 0 Å². The molecule has 1 N–H and O–H groups in total. The van der Waals surface area contributed by atoms with E-state index >= 15 is 0 Å². The maximum Gasteiger partial charge on any atom is 0.354 e. The van der Waals surface area contributed by atoms with Gasteiger partial charge in [-0.2, -0.15) is 5.10 Å². The SMILES string of the molecule is C=C(/C=N\N(C)c1ccc(C)cc1)c1cccc(C(=O)O)n1. The fourth-order valence-corrected chi connectivity index (χ4v) is 1.78. The maximum atomic E-state index is 10.9. The summed E-state index contributed by atoms with van der Waals surface area (Å²) in [6.07, 6.45) is 1.56. The number of aromatic carboxylic acids is 1. The minimum Gasteiger partial charge on any atom is -0.477 e. The lowest BCUT2D eigenvalue weighted by Gasteiger charge is -2.13. The lowest BCUT2D eigenvalue weighted by atomic mass is 10.2. The highest BCUT2D eigenvalue weighted by Gasteiger charge is 2.06. The minimum atomic E-state index is -1.07. The molecule has 0 amide bonds. The van der Waals surface area contributed by atoms with Crippen LogP contribution in [0, 0.1) is 6.92 Å². The van der Waals surface area contributed by atoms with Crippen LogP contribution in [0.1, 0.15) is 21.7 Å². The Morgan fingerprint density at radius 3 is 2.50 bits per heavy atom. The molecule has 0 bridgehead atoms. The second-order valence-corrected chi connectivity index (χ2v) is 4.84. The van der Waals surface area contributed by atoms with Crippen molar-refractivity contribution in [1.29, 1.82) is 0 Å². The Hall–Kier alpha value is -2.95. The molecule has 0 spiro atoms. The highest BCUT2D eigenvalue weighted by atomic mass is 16.4. The van der Waals surface area contributed by atoms with E-state index in [-0.39, 0.29) is 5.69 Å². The number of allylic oxidation sites excluding steroid dienone is 1. The lowest BCUT2D eigenvalue weighted by molar-refractivity contribution is 0.0690. The van der Waals surface area contributed by atoms with Crippen molar-refractivity contribution in [2.75, 3.05) is 12.1 Å². The van der Waals surface area contributed by atoms with E-state index < -0.39 is 5.97 Å². The van der Waals surface area contributed by atoms with Crippen LogP contribution in [-0.2, 0) is 0 Å². The Kier molecular flexibility index (Phi) is 4.68. The molecule has 0 saturated carbocycles. The first-order valence-electron chi connectivity index (χ1n) is 6.71. The van der Waals surface area contributed by atoms with Crippen molar-refractivity contribution in [2.45, 2.75) is 6.92 Å². The monoisotopic (exact) mass is 295 g/mol. The van der Waals surface area contributed by atoms with Crippen LogP contribution in [0.3, 0.4) is 0 Å². The van der Waals surface area contributed by atoms with Crippen LogP contribution in [0.15, 0.2) is 54.1 Å². The van der Waals surface area contributed by atoms with Crippen LogP contribution in [0.2, 0.25) is 0 Å². The molecule has 22 heavy (non-hydrogen) atoms. The molecule has 5 nitrogen and oxygen atoms in total. The van der Waals surface area contributed by atoms with Crippen LogP contribution in [0.4, 0.5) is 5.69 Å². The smallest absolute Gasteiger partial charge is 0.354 e. The molecular formula is C17H17N3O2. The number of hydrazone groups is 1. The Balaban J connectivity index is 2.12. The van der Waals surface area contributed by atoms with Gasteiger partial charge in [0.2, 0.25) is 0 Å². The molecule has 0 radical (unpaired) electrons. The highest BCUT2D eigenvalue weighted by Crippen LogP contribution is 2.14. The second kappa shape index (κ2) is 6.67. The normalized spacial score (nSPS) is 10.6. The molecule has 0 aliphatic rings. The van der Waals surface area contributed by atoms with Gasteiger partial charge in [0.05, 0.1) is 17.6 Å². The molecule has 0 unspecified atom stereocenters. The topological polar surface area (TPSA) is 65.8 Å². The maximum absolute atomic E-state index is 10.9. The van der Waals surface area contributed by atoms with Crippen LogP contribution in [0.25, 0.3) is 5.57 Å². The van der Waals surface area contributed by atoms with Gasteiger partial charge >= 0.3 is 5.97 Å². The van der Waals surface area contributed by atoms with Gasteiger partial charge in [-0.3, -0.25) is 5.01 Å². The predicted molar refractivity (Wildman–Crippen MR) is 88.3 cm³/mol. The molecule has 0 fully saturated rings. The average molecular weight is 295 g/mol. The van der Waals surface area contributed by atoms with Crippen LogP contribution < -0.4 is 5.01 Å². The second-order valence-electron chi connectivity index (χ2n) is 4.84. The summed E-state index contributed by atoms with van der Waals surface area (Å²) in [5, 5.41) is 15.0. The molecule has 0 aliphatic carbocycles. The first-order valence-corrected chi connectivity index (χ1v) is 6.71. The van der Waals surface area contributed by atoms with Crippen LogP contribution in [0.5, 0.6) is 0 Å². The molecular weight excluding hydrogens is 278 g/mol. The summed E-state index contributed by atoms with van der Waals surface area (Å²) in [7, 11) is 1.83. The van der Waals surface area contributed by atoms with E-state index in [0.29, 0.717) is 11.3 Å². The van der Waals surface area contributed by atoms with Gasteiger partial charge in [-0.15, -0.1) is 0 Å². The van der Waals surface area contributed by atoms with E-state index in [4.69, 9.17) is 5.11 Å². The van der Waals surface area contributed by atoms with Crippen molar-refractivity contribution in [3.8, 4) is 0 Å². The summed E-state index contributed by atoms with van der Waals surface area (Å²) in [6.45, 7) is 5.90. The zero-order chi connectivity index (χ0) is 16.1. The van der Waals surface area contributed by atoms with Gasteiger partial charge < -0.3 is 5.11 Å². The summed E-state index contributed by atoms with van der Waals surface area (Å²) in [5.74, 6) is -1.07. The summed E-state index contributed by atoms with van der Waals surface area (Å²) in [4.78, 5) is 14.9. The molecule has 0 aliphatic heterocycles. The number of anilines is 1. The average Bonchev–Trinajstić information content (AvgIpc) is 2.53. The van der Waals surface area contributed by atoms with E-state index in [1.165, 1.54) is 11.6 Å². The quantitative estimate of drug-likeness (QED) is 0.679. The predicted octanol–water partition coefficient (Wildman–Crippen LogP) is 3.22. The first kappa shape index (κ1) is 15.4. The molecule has 5 heteroatoms. The number of carboxylic acid groups (broad SMARTS) is 1. The zero-order valence-corrected chi connectivity index (χ0v) is 12.5. The molecule has 112 valence electrons. The Morgan fingerprint density at radius 1 is 1.23 bits per heavy atom. The first-order chi connectivity index (χ1) is 10.5. The zero-order valence-electron chi connectivity index (χ0n) is 12.5. The standard InChI is InChI=1S/C17H17N3O2/c1-12-7-9-14(10-8-12)20(3)18-11-13(2)15-5-4-6-16(19-15)17(21)22/h4-11H,2H2,1,3H3,(H,21,22)/b18-11-. The Labute approximate surface area is 129 Å². The largest absolute Gasteiger partial charge is 0.477 e. The van der Waals surface area contributed by atoms with E-state index in [9.17, 15) is 4.79 Å². The number of carbonyl (C=O) groups is 1. The van der Waals surface area contributed by atoms with Gasteiger partial charge in [-0.25, -0.2) is 9.78 Å². The number of rotatable bonds is 5.